The van der Waals surface area contributed by atoms with Crippen LogP contribution in [-0.2, 0) is 28.5 Å². The first-order valence-electron chi connectivity index (χ1n) is 10.7. The van der Waals surface area contributed by atoms with Crippen LogP contribution >= 0.6 is 0 Å². The van der Waals surface area contributed by atoms with Gasteiger partial charge in [-0.05, 0) is 66.5 Å². The van der Waals surface area contributed by atoms with Gasteiger partial charge in [0.15, 0.2) is 5.54 Å². The summed E-state index contributed by atoms with van der Waals surface area (Å²) in [6, 6.07) is 9.20. The zero-order valence-electron chi connectivity index (χ0n) is 18.1. The lowest BCUT2D eigenvalue weighted by Crippen LogP contribution is -2.56. The van der Waals surface area contributed by atoms with E-state index in [-0.39, 0.29) is 29.0 Å². The maximum Gasteiger partial charge on any atom is 0.325 e. The quantitative estimate of drug-likeness (QED) is 0.756. The SMILES string of the molecule is COC1CCC2(CC1)Cc1ccc(-c3ccn(C)c(=O)c3)cc1C21NC(=O)N(C)C1=O. The number of hydrogen-bond acceptors (Lipinski definition) is 4. The number of aromatic nitrogens is 1. The summed E-state index contributed by atoms with van der Waals surface area (Å²) in [5.74, 6) is -0.187. The zero-order valence-corrected chi connectivity index (χ0v) is 18.1. The minimum Gasteiger partial charge on any atom is -0.381 e. The van der Waals surface area contributed by atoms with Crippen molar-refractivity contribution < 1.29 is 14.3 Å². The number of methoxy groups -OCH3 is 1. The second kappa shape index (κ2) is 6.79. The number of carbonyl (C=O) groups is 2. The normalized spacial score (nSPS) is 29.6. The number of aryl methyl sites for hydroxylation is 1. The molecule has 1 aromatic carbocycles. The molecule has 3 amide bonds. The van der Waals surface area contributed by atoms with E-state index in [4.69, 9.17) is 4.74 Å². The van der Waals surface area contributed by atoms with Crippen molar-refractivity contribution >= 4 is 11.9 Å². The van der Waals surface area contributed by atoms with Gasteiger partial charge in [0, 0.05) is 38.9 Å². The van der Waals surface area contributed by atoms with Crippen molar-refractivity contribution in [2.45, 2.75) is 43.7 Å². The van der Waals surface area contributed by atoms with Gasteiger partial charge in [0.1, 0.15) is 0 Å². The van der Waals surface area contributed by atoms with Crippen molar-refractivity contribution in [3.63, 3.8) is 0 Å². The highest BCUT2D eigenvalue weighted by Crippen LogP contribution is 2.60. The van der Waals surface area contributed by atoms with Gasteiger partial charge in [-0.25, -0.2) is 4.79 Å². The molecular formula is C24H27N3O4. The molecule has 7 heteroatoms. The van der Waals surface area contributed by atoms with Crippen molar-refractivity contribution in [3.8, 4) is 11.1 Å². The summed E-state index contributed by atoms with van der Waals surface area (Å²) in [4.78, 5) is 39.7. The number of hydrogen-bond donors (Lipinski definition) is 1. The van der Waals surface area contributed by atoms with Gasteiger partial charge in [0.25, 0.3) is 11.5 Å². The number of carbonyl (C=O) groups excluding carboxylic acids is 2. The van der Waals surface area contributed by atoms with E-state index in [1.165, 1.54) is 9.47 Å². The Labute approximate surface area is 181 Å². The molecule has 0 radical (unpaired) electrons. The number of fused-ring (bicyclic) bond motifs is 3. The summed E-state index contributed by atoms with van der Waals surface area (Å²) in [6.45, 7) is 0. The molecule has 7 nitrogen and oxygen atoms in total. The molecule has 2 aromatic rings. The predicted molar refractivity (Wildman–Crippen MR) is 116 cm³/mol. The fourth-order valence-corrected chi connectivity index (χ4v) is 5.89. The Bertz CT molecular complexity index is 1150. The fraction of sp³-hybridized carbons (Fsp3) is 0.458. The maximum absolute atomic E-state index is 13.6. The van der Waals surface area contributed by atoms with Crippen LogP contribution < -0.4 is 10.9 Å². The summed E-state index contributed by atoms with van der Waals surface area (Å²) >= 11 is 0. The molecule has 162 valence electrons. The number of urea groups is 1. The lowest BCUT2D eigenvalue weighted by Gasteiger charge is -2.46. The van der Waals surface area contributed by atoms with E-state index in [2.05, 4.69) is 11.4 Å². The first kappa shape index (κ1) is 20.0. The molecule has 31 heavy (non-hydrogen) atoms. The average Bonchev–Trinajstić information content (AvgIpc) is 3.17. The molecule has 0 bridgehead atoms. The van der Waals surface area contributed by atoms with Gasteiger partial charge >= 0.3 is 6.03 Å². The van der Waals surface area contributed by atoms with Crippen LogP contribution in [0, 0.1) is 5.41 Å². The maximum atomic E-state index is 13.6. The first-order valence-corrected chi connectivity index (χ1v) is 10.7. The zero-order chi connectivity index (χ0) is 22.0. The molecule has 2 spiro atoms. The van der Waals surface area contributed by atoms with E-state index in [1.807, 2.05) is 18.2 Å². The highest BCUT2D eigenvalue weighted by Gasteiger charge is 2.67. The molecule has 1 aliphatic heterocycles. The lowest BCUT2D eigenvalue weighted by atomic mass is 9.61. The van der Waals surface area contributed by atoms with Gasteiger partial charge in [-0.15, -0.1) is 0 Å². The van der Waals surface area contributed by atoms with Crippen molar-refractivity contribution in [3.05, 3.63) is 58.0 Å². The van der Waals surface area contributed by atoms with Crippen LogP contribution in [0.15, 0.2) is 41.3 Å². The molecule has 1 N–H and O–H groups in total. The van der Waals surface area contributed by atoms with E-state index in [9.17, 15) is 14.4 Å². The number of imide groups is 1. The summed E-state index contributed by atoms with van der Waals surface area (Å²) in [5, 5.41) is 3.11. The van der Waals surface area contributed by atoms with Gasteiger partial charge in [-0.1, -0.05) is 12.1 Å². The van der Waals surface area contributed by atoms with Crippen molar-refractivity contribution in [1.82, 2.24) is 14.8 Å². The Morgan fingerprint density at radius 3 is 2.35 bits per heavy atom. The Balaban J connectivity index is 1.66. The number of amides is 3. The van der Waals surface area contributed by atoms with Gasteiger partial charge in [0.2, 0.25) is 0 Å². The smallest absolute Gasteiger partial charge is 0.325 e. The Kier molecular flexibility index (Phi) is 4.38. The summed E-state index contributed by atoms with van der Waals surface area (Å²) in [6.07, 6.45) is 6.01. The van der Waals surface area contributed by atoms with E-state index in [0.29, 0.717) is 0 Å². The van der Waals surface area contributed by atoms with Crippen molar-refractivity contribution in [2.24, 2.45) is 12.5 Å². The average molecular weight is 421 g/mol. The number of likely N-dealkylation sites (N-methyl/N-ethyl adjacent to an activating group) is 1. The molecule has 2 heterocycles. The standard InChI is InChI=1S/C24H27N3O4/c1-26-11-8-16(13-20(26)28)15-4-5-17-14-23(9-6-18(31-3)7-10-23)24(19(17)12-15)21(29)27(2)22(30)25-24/h4-5,8,11-13,18H,6-7,9-10,14H2,1-3H3,(H,25,30). The third kappa shape index (κ3) is 2.65. The van der Waals surface area contributed by atoms with Gasteiger partial charge in [0.05, 0.1) is 6.10 Å². The molecule has 1 unspecified atom stereocenters. The van der Waals surface area contributed by atoms with E-state index in [0.717, 1.165) is 54.4 Å². The number of nitrogens with zero attached hydrogens (tertiary/aromatic N) is 2. The fourth-order valence-electron chi connectivity index (χ4n) is 5.89. The van der Waals surface area contributed by atoms with Crippen LogP contribution in [-0.4, -0.2) is 41.7 Å². The molecule has 1 saturated carbocycles. The van der Waals surface area contributed by atoms with E-state index < -0.39 is 5.54 Å². The van der Waals surface area contributed by atoms with Crippen molar-refractivity contribution in [2.75, 3.05) is 14.2 Å². The number of ether oxygens (including phenoxy) is 1. The molecule has 2 aliphatic carbocycles. The Hall–Kier alpha value is -2.93. The van der Waals surface area contributed by atoms with Crippen LogP contribution in [0.25, 0.3) is 11.1 Å². The number of nitrogens with one attached hydrogen (secondary N) is 1. The lowest BCUT2D eigenvalue weighted by molar-refractivity contribution is -0.137. The third-order valence-electron chi connectivity index (χ3n) is 7.72. The highest BCUT2D eigenvalue weighted by molar-refractivity contribution is 6.08. The Morgan fingerprint density at radius 2 is 1.74 bits per heavy atom. The number of benzene rings is 1. The van der Waals surface area contributed by atoms with Crippen LogP contribution in [0.2, 0.25) is 0 Å². The molecular weight excluding hydrogens is 394 g/mol. The topological polar surface area (TPSA) is 80.6 Å². The molecule has 1 atom stereocenters. The molecule has 1 saturated heterocycles. The third-order valence-corrected chi connectivity index (χ3v) is 7.72. The monoisotopic (exact) mass is 421 g/mol. The van der Waals surface area contributed by atoms with Crippen LogP contribution in [0.4, 0.5) is 4.79 Å². The van der Waals surface area contributed by atoms with E-state index >= 15 is 0 Å². The molecule has 3 aliphatic rings. The van der Waals surface area contributed by atoms with Gasteiger partial charge < -0.3 is 14.6 Å². The molecule has 5 rings (SSSR count). The van der Waals surface area contributed by atoms with E-state index in [1.54, 1.807) is 33.5 Å². The van der Waals surface area contributed by atoms with Crippen LogP contribution in [0.3, 0.4) is 0 Å². The first-order chi connectivity index (χ1) is 14.8. The number of pyridine rings is 1. The summed E-state index contributed by atoms with van der Waals surface area (Å²) in [5.41, 5.74) is 2.10. The summed E-state index contributed by atoms with van der Waals surface area (Å²) < 4.78 is 7.10. The number of rotatable bonds is 2. The molecule has 2 fully saturated rings. The second-order valence-electron chi connectivity index (χ2n) is 9.17. The largest absolute Gasteiger partial charge is 0.381 e. The summed E-state index contributed by atoms with van der Waals surface area (Å²) in [7, 11) is 4.99. The minimum atomic E-state index is -1.07. The molecule has 1 aromatic heterocycles. The minimum absolute atomic E-state index is 0.0907. The predicted octanol–water partition coefficient (Wildman–Crippen LogP) is 2.56. The van der Waals surface area contributed by atoms with Crippen LogP contribution in [0.5, 0.6) is 0 Å². The van der Waals surface area contributed by atoms with Gasteiger partial charge in [-0.2, -0.15) is 0 Å². The van der Waals surface area contributed by atoms with Crippen molar-refractivity contribution in [1.29, 1.82) is 0 Å². The van der Waals surface area contributed by atoms with Gasteiger partial charge in [-0.3, -0.25) is 14.5 Å². The highest BCUT2D eigenvalue weighted by atomic mass is 16.5. The Morgan fingerprint density at radius 1 is 1.03 bits per heavy atom. The second-order valence-corrected chi connectivity index (χ2v) is 9.17. The van der Waals surface area contributed by atoms with Crippen LogP contribution in [0.1, 0.15) is 36.8 Å².